The van der Waals surface area contributed by atoms with Crippen molar-refractivity contribution in [2.24, 2.45) is 0 Å². The molecule has 4 aromatic heterocycles. The van der Waals surface area contributed by atoms with Crippen molar-refractivity contribution in [1.29, 1.82) is 0 Å². The van der Waals surface area contributed by atoms with Crippen molar-refractivity contribution in [3.8, 4) is 21.8 Å². The number of aromatic amines is 1. The molecule has 0 saturated heterocycles. The van der Waals surface area contributed by atoms with Crippen molar-refractivity contribution in [1.82, 2.24) is 24.5 Å². The molecule has 1 aromatic carbocycles. The average molecular weight is 399 g/mol. The van der Waals surface area contributed by atoms with Gasteiger partial charge in [0.1, 0.15) is 22.1 Å². The minimum absolute atomic E-state index is 0.522. The fourth-order valence-electron chi connectivity index (χ4n) is 4.07. The zero-order chi connectivity index (χ0) is 19.4. The fourth-order valence-corrected chi connectivity index (χ4v) is 4.93. The lowest BCUT2D eigenvalue weighted by Gasteiger charge is -2.22. The summed E-state index contributed by atoms with van der Waals surface area (Å²) in [6, 6.07) is 12.0. The summed E-state index contributed by atoms with van der Waals surface area (Å²) in [5.41, 5.74) is 3.79. The Kier molecular flexibility index (Phi) is 3.50. The molecular formula is C22H17N5OS. The number of benzene rings is 1. The molecule has 5 aromatic rings. The van der Waals surface area contributed by atoms with E-state index in [4.69, 9.17) is 4.98 Å². The van der Waals surface area contributed by atoms with Crippen LogP contribution in [0.2, 0.25) is 0 Å². The van der Waals surface area contributed by atoms with E-state index in [-0.39, 0.29) is 0 Å². The number of hydrogen-bond acceptors (Lipinski definition) is 5. The summed E-state index contributed by atoms with van der Waals surface area (Å²) in [5, 5.41) is 15.3. The Morgan fingerprint density at radius 1 is 1.14 bits per heavy atom. The van der Waals surface area contributed by atoms with Crippen molar-refractivity contribution in [2.75, 3.05) is 0 Å². The van der Waals surface area contributed by atoms with Crippen LogP contribution in [0.25, 0.3) is 32.9 Å². The Balaban J connectivity index is 1.36. The monoisotopic (exact) mass is 399 g/mol. The number of imidazole rings is 1. The molecule has 29 heavy (non-hydrogen) atoms. The van der Waals surface area contributed by atoms with E-state index in [1.54, 1.807) is 23.7 Å². The van der Waals surface area contributed by atoms with Crippen molar-refractivity contribution < 1.29 is 5.11 Å². The van der Waals surface area contributed by atoms with Gasteiger partial charge in [-0.25, -0.2) is 15.0 Å². The Hall–Kier alpha value is -3.29. The van der Waals surface area contributed by atoms with E-state index in [2.05, 4.69) is 26.4 Å². The van der Waals surface area contributed by atoms with Crippen molar-refractivity contribution in [3.63, 3.8) is 0 Å². The zero-order valence-electron chi connectivity index (χ0n) is 15.4. The number of rotatable bonds is 3. The molecule has 0 fully saturated rings. The van der Waals surface area contributed by atoms with Crippen LogP contribution in [0.4, 0.5) is 0 Å². The summed E-state index contributed by atoms with van der Waals surface area (Å²) in [6.45, 7) is 0.524. The highest BCUT2D eigenvalue weighted by molar-refractivity contribution is 7.13. The van der Waals surface area contributed by atoms with Crippen LogP contribution in [0.15, 0.2) is 66.6 Å². The van der Waals surface area contributed by atoms with E-state index < -0.39 is 5.60 Å². The first-order chi connectivity index (χ1) is 14.2. The van der Waals surface area contributed by atoms with Crippen LogP contribution in [0.5, 0.6) is 0 Å². The summed E-state index contributed by atoms with van der Waals surface area (Å²) >= 11 is 1.61. The van der Waals surface area contributed by atoms with E-state index in [0.717, 1.165) is 44.2 Å². The predicted octanol–water partition coefficient (Wildman–Crippen LogP) is 3.99. The molecule has 7 heteroatoms. The predicted molar refractivity (Wildman–Crippen MR) is 112 cm³/mol. The first-order valence-electron chi connectivity index (χ1n) is 9.41. The maximum absolute atomic E-state index is 11.2. The number of pyridine rings is 1. The Labute approximate surface area is 170 Å². The normalized spacial score (nSPS) is 18.4. The van der Waals surface area contributed by atoms with Gasteiger partial charge in [-0.15, -0.1) is 11.3 Å². The van der Waals surface area contributed by atoms with Gasteiger partial charge in [-0.2, -0.15) is 0 Å². The number of fused-ring (bicyclic) bond motifs is 2. The van der Waals surface area contributed by atoms with Crippen LogP contribution < -0.4 is 0 Å². The maximum atomic E-state index is 11.2. The van der Waals surface area contributed by atoms with Gasteiger partial charge in [0.25, 0.3) is 0 Å². The molecule has 0 aliphatic carbocycles. The van der Waals surface area contributed by atoms with Crippen molar-refractivity contribution >= 4 is 22.4 Å². The van der Waals surface area contributed by atoms with Gasteiger partial charge >= 0.3 is 0 Å². The first kappa shape index (κ1) is 16.6. The van der Waals surface area contributed by atoms with Gasteiger partial charge in [0.2, 0.25) is 0 Å². The summed E-state index contributed by atoms with van der Waals surface area (Å²) in [5.74, 6) is 0.918. The number of nitrogens with one attached hydrogen (secondary N) is 1. The molecule has 5 heterocycles. The van der Waals surface area contributed by atoms with Crippen LogP contribution >= 0.6 is 11.3 Å². The second kappa shape index (κ2) is 6.10. The van der Waals surface area contributed by atoms with Crippen LogP contribution in [-0.2, 0) is 18.6 Å². The number of nitrogens with zero attached hydrogens (tertiary/aromatic N) is 4. The molecular weight excluding hydrogens is 382 g/mol. The molecule has 2 N–H and O–H groups in total. The number of thiazole rings is 1. The maximum Gasteiger partial charge on any atom is 0.137 e. The highest BCUT2D eigenvalue weighted by atomic mass is 32.1. The van der Waals surface area contributed by atoms with Crippen LogP contribution in [0.1, 0.15) is 11.4 Å². The fraction of sp³-hybridized carbons (Fsp3) is 0.136. The highest BCUT2D eigenvalue weighted by Crippen LogP contribution is 2.37. The summed E-state index contributed by atoms with van der Waals surface area (Å²) in [4.78, 5) is 16.8. The van der Waals surface area contributed by atoms with E-state index in [1.165, 1.54) is 0 Å². The largest absolute Gasteiger partial charge is 0.383 e. The molecule has 1 atom stereocenters. The Bertz CT molecular complexity index is 1330. The molecule has 1 aliphatic rings. The van der Waals surface area contributed by atoms with Crippen LogP contribution in [0.3, 0.4) is 0 Å². The number of aromatic nitrogens is 5. The first-order valence-corrected chi connectivity index (χ1v) is 10.3. The molecule has 0 unspecified atom stereocenters. The van der Waals surface area contributed by atoms with E-state index in [0.29, 0.717) is 13.0 Å². The summed E-state index contributed by atoms with van der Waals surface area (Å²) < 4.78 is 2.01. The molecule has 0 saturated carbocycles. The Morgan fingerprint density at radius 2 is 2.10 bits per heavy atom. The topological polar surface area (TPSA) is 79.6 Å². The summed E-state index contributed by atoms with van der Waals surface area (Å²) in [6.07, 6.45) is 7.96. The SMILES string of the molecule is O[C@]1(c2cccc(-c3csc(-c4c[nH]c5ncccc45)n3)c2)Cc2nccn2C1. The molecule has 0 amide bonds. The standard InChI is InChI=1S/C22H17N5OS/c28-22(10-19-23-7-8-27(19)13-22)15-4-1-3-14(9-15)18-12-29-21(26-18)17-11-25-20-16(17)5-2-6-24-20/h1-9,11-12,28H,10,13H2,(H,24,25)/t22-/m1/s1. The Morgan fingerprint density at radius 3 is 3.03 bits per heavy atom. The van der Waals surface area contributed by atoms with E-state index >= 15 is 0 Å². The van der Waals surface area contributed by atoms with E-state index in [1.807, 2.05) is 47.3 Å². The lowest BCUT2D eigenvalue weighted by molar-refractivity contribution is 0.0376. The quantitative estimate of drug-likeness (QED) is 0.481. The number of H-pyrrole nitrogens is 1. The zero-order valence-corrected chi connectivity index (χ0v) is 16.2. The number of hydrogen-bond donors (Lipinski definition) is 2. The summed E-state index contributed by atoms with van der Waals surface area (Å²) in [7, 11) is 0. The molecule has 6 nitrogen and oxygen atoms in total. The average Bonchev–Trinajstić information content (AvgIpc) is 3.50. The van der Waals surface area contributed by atoms with Gasteiger partial charge in [-0.05, 0) is 23.8 Å². The van der Waals surface area contributed by atoms with Crippen LogP contribution in [-0.4, -0.2) is 29.6 Å². The lowest BCUT2D eigenvalue weighted by atomic mass is 9.91. The van der Waals surface area contributed by atoms with Gasteiger partial charge in [-0.3, -0.25) is 0 Å². The van der Waals surface area contributed by atoms with E-state index in [9.17, 15) is 5.11 Å². The van der Waals surface area contributed by atoms with Crippen LogP contribution in [0, 0.1) is 0 Å². The third-order valence-electron chi connectivity index (χ3n) is 5.57. The van der Waals surface area contributed by atoms with Gasteiger partial charge in [-0.1, -0.05) is 18.2 Å². The molecule has 0 spiro atoms. The highest BCUT2D eigenvalue weighted by Gasteiger charge is 2.37. The van der Waals surface area contributed by atoms with Gasteiger partial charge < -0.3 is 14.7 Å². The minimum Gasteiger partial charge on any atom is -0.383 e. The van der Waals surface area contributed by atoms with Gasteiger partial charge in [0.05, 0.1) is 12.2 Å². The van der Waals surface area contributed by atoms with Crippen molar-refractivity contribution in [2.45, 2.75) is 18.6 Å². The minimum atomic E-state index is -0.930. The van der Waals surface area contributed by atoms with Gasteiger partial charge in [0.15, 0.2) is 0 Å². The second-order valence-electron chi connectivity index (χ2n) is 7.40. The molecule has 6 rings (SSSR count). The van der Waals surface area contributed by atoms with Crippen molar-refractivity contribution in [3.05, 3.63) is 78.0 Å². The van der Waals surface area contributed by atoms with Gasteiger partial charge in [0, 0.05) is 53.1 Å². The molecule has 0 bridgehead atoms. The molecule has 1 aliphatic heterocycles. The lowest BCUT2D eigenvalue weighted by Crippen LogP contribution is -2.27. The molecule has 142 valence electrons. The third kappa shape index (κ3) is 2.62. The number of aliphatic hydroxyl groups is 1. The smallest absolute Gasteiger partial charge is 0.137 e. The second-order valence-corrected chi connectivity index (χ2v) is 8.26. The molecule has 0 radical (unpaired) electrons. The third-order valence-corrected chi connectivity index (χ3v) is 6.44.